The van der Waals surface area contributed by atoms with Crippen molar-refractivity contribution in [3.63, 3.8) is 0 Å². The molecule has 0 spiro atoms. The van der Waals surface area contributed by atoms with E-state index in [9.17, 15) is 19.5 Å². The van der Waals surface area contributed by atoms with Gasteiger partial charge in [-0.1, -0.05) is 55.0 Å². The molecule has 0 radical (unpaired) electrons. The van der Waals surface area contributed by atoms with Gasteiger partial charge in [0.2, 0.25) is 5.91 Å². The number of nitrogens with one attached hydrogen (secondary N) is 2. The molecule has 4 rings (SSSR count). The second kappa shape index (κ2) is 10.1. The van der Waals surface area contributed by atoms with Crippen molar-refractivity contribution in [2.45, 2.75) is 44.6 Å². The number of alkyl carbamates (subject to hydrolysis) is 1. The Morgan fingerprint density at radius 2 is 1.67 bits per heavy atom. The van der Waals surface area contributed by atoms with Gasteiger partial charge in [0, 0.05) is 24.9 Å². The van der Waals surface area contributed by atoms with Crippen LogP contribution in [0.2, 0.25) is 0 Å². The summed E-state index contributed by atoms with van der Waals surface area (Å²) in [6, 6.07) is 15.9. The Morgan fingerprint density at radius 3 is 2.30 bits per heavy atom. The minimum absolute atomic E-state index is 0.0182. The molecule has 33 heavy (non-hydrogen) atoms. The number of carboxylic acids is 1. The number of carboxylic acid groups (broad SMARTS) is 1. The van der Waals surface area contributed by atoms with Crippen LogP contribution in [0.4, 0.5) is 4.79 Å². The molecule has 1 fully saturated rings. The molecule has 2 unspecified atom stereocenters. The third-order valence-corrected chi connectivity index (χ3v) is 6.74. The number of amides is 2. The Labute approximate surface area is 193 Å². The second-order valence-corrected chi connectivity index (χ2v) is 9.01. The Morgan fingerprint density at radius 1 is 1.03 bits per heavy atom. The summed E-state index contributed by atoms with van der Waals surface area (Å²) in [6.45, 7) is 2.32. The van der Waals surface area contributed by atoms with E-state index < -0.39 is 18.1 Å². The standard InChI is InChI=1S/C26H30N2O5/c1-16(13-24(29)27-14-17-7-6-12-18(17)25(30)31)28-26(32)33-15-23-21-10-4-2-8-19(21)20-9-3-5-11-22(20)23/h2-5,8-11,16-18,23H,6-7,12-15H2,1H3,(H,27,29)(H,28,32)(H,30,31)/t16-,17?,18?/m0/s1. The summed E-state index contributed by atoms with van der Waals surface area (Å²) in [5.41, 5.74) is 4.62. The molecule has 3 atom stereocenters. The molecule has 7 nitrogen and oxygen atoms in total. The maximum absolute atomic E-state index is 12.4. The average Bonchev–Trinajstić information content (AvgIpc) is 3.39. The van der Waals surface area contributed by atoms with Crippen LogP contribution in [0.25, 0.3) is 11.1 Å². The lowest BCUT2D eigenvalue weighted by Gasteiger charge is -2.19. The SMILES string of the molecule is C[C@@H](CC(=O)NCC1CCCC1C(=O)O)NC(=O)OCC1c2ccccc2-c2ccccc21. The first-order valence-corrected chi connectivity index (χ1v) is 11.5. The first-order valence-electron chi connectivity index (χ1n) is 11.5. The summed E-state index contributed by atoms with van der Waals surface area (Å²) in [5.74, 6) is -1.44. The molecule has 2 aromatic carbocycles. The highest BCUT2D eigenvalue weighted by Crippen LogP contribution is 2.44. The lowest BCUT2D eigenvalue weighted by molar-refractivity contribution is -0.143. The highest BCUT2D eigenvalue weighted by molar-refractivity contribution is 5.79. The van der Waals surface area contributed by atoms with Crippen LogP contribution in [-0.4, -0.2) is 42.3 Å². The predicted octanol–water partition coefficient (Wildman–Crippen LogP) is 3.92. The number of ether oxygens (including phenoxy) is 1. The Balaban J connectivity index is 1.24. The van der Waals surface area contributed by atoms with Gasteiger partial charge in [-0.15, -0.1) is 0 Å². The molecule has 0 heterocycles. The normalized spacial score (nSPS) is 19.9. The quantitative estimate of drug-likeness (QED) is 0.565. The van der Waals surface area contributed by atoms with Gasteiger partial charge in [0.05, 0.1) is 5.92 Å². The fourth-order valence-corrected chi connectivity index (χ4v) is 5.09. The number of rotatable bonds is 8. The fourth-order valence-electron chi connectivity index (χ4n) is 5.09. The van der Waals surface area contributed by atoms with Crippen molar-refractivity contribution in [1.29, 1.82) is 0 Å². The van der Waals surface area contributed by atoms with E-state index in [0.29, 0.717) is 13.0 Å². The molecule has 2 amide bonds. The first kappa shape index (κ1) is 22.8. The largest absolute Gasteiger partial charge is 0.481 e. The summed E-state index contributed by atoms with van der Waals surface area (Å²) in [6.07, 6.45) is 1.89. The van der Waals surface area contributed by atoms with E-state index in [4.69, 9.17) is 4.74 Å². The van der Waals surface area contributed by atoms with E-state index in [1.807, 2.05) is 24.3 Å². The van der Waals surface area contributed by atoms with E-state index in [-0.39, 0.29) is 36.7 Å². The minimum atomic E-state index is -0.794. The highest BCUT2D eigenvalue weighted by atomic mass is 16.5. The van der Waals surface area contributed by atoms with E-state index in [2.05, 4.69) is 34.9 Å². The van der Waals surface area contributed by atoms with Crippen LogP contribution >= 0.6 is 0 Å². The zero-order valence-electron chi connectivity index (χ0n) is 18.8. The molecule has 2 aliphatic rings. The van der Waals surface area contributed by atoms with Crippen molar-refractivity contribution in [2.75, 3.05) is 13.2 Å². The fraction of sp³-hybridized carbons (Fsp3) is 0.423. The van der Waals surface area contributed by atoms with Crippen molar-refractivity contribution < 1.29 is 24.2 Å². The van der Waals surface area contributed by atoms with Crippen LogP contribution in [0, 0.1) is 11.8 Å². The molecule has 0 saturated heterocycles. The lowest BCUT2D eigenvalue weighted by Crippen LogP contribution is -2.39. The number of carbonyl (C=O) groups is 3. The number of hydrogen-bond donors (Lipinski definition) is 3. The van der Waals surface area contributed by atoms with E-state index in [1.54, 1.807) is 6.92 Å². The van der Waals surface area contributed by atoms with Gasteiger partial charge in [-0.3, -0.25) is 9.59 Å². The van der Waals surface area contributed by atoms with Crippen LogP contribution in [-0.2, 0) is 14.3 Å². The first-order chi connectivity index (χ1) is 15.9. The Hall–Kier alpha value is -3.35. The van der Waals surface area contributed by atoms with E-state index in [0.717, 1.165) is 24.0 Å². The number of hydrogen-bond acceptors (Lipinski definition) is 4. The van der Waals surface area contributed by atoms with Gasteiger partial charge in [0.15, 0.2) is 0 Å². The van der Waals surface area contributed by atoms with Crippen molar-refractivity contribution in [1.82, 2.24) is 10.6 Å². The molecule has 1 saturated carbocycles. The number of aliphatic carboxylic acids is 1. The molecule has 2 aliphatic carbocycles. The molecule has 0 aromatic heterocycles. The predicted molar refractivity (Wildman–Crippen MR) is 124 cm³/mol. The van der Waals surface area contributed by atoms with Gasteiger partial charge in [0.1, 0.15) is 6.61 Å². The average molecular weight is 451 g/mol. The van der Waals surface area contributed by atoms with Crippen LogP contribution in [0.5, 0.6) is 0 Å². The van der Waals surface area contributed by atoms with Crippen molar-refractivity contribution >= 4 is 18.0 Å². The van der Waals surface area contributed by atoms with Gasteiger partial charge >= 0.3 is 12.1 Å². The van der Waals surface area contributed by atoms with Gasteiger partial charge in [-0.25, -0.2) is 4.79 Å². The summed E-state index contributed by atoms with van der Waals surface area (Å²) in [4.78, 5) is 35.9. The minimum Gasteiger partial charge on any atom is -0.481 e. The maximum Gasteiger partial charge on any atom is 0.407 e. The number of fused-ring (bicyclic) bond motifs is 3. The molecule has 0 aliphatic heterocycles. The smallest absolute Gasteiger partial charge is 0.407 e. The van der Waals surface area contributed by atoms with Gasteiger partial charge in [0.25, 0.3) is 0 Å². The van der Waals surface area contributed by atoms with Gasteiger partial charge in [-0.2, -0.15) is 0 Å². The van der Waals surface area contributed by atoms with Crippen molar-refractivity contribution in [2.24, 2.45) is 11.8 Å². The maximum atomic E-state index is 12.4. The zero-order valence-corrected chi connectivity index (χ0v) is 18.8. The lowest BCUT2D eigenvalue weighted by atomic mass is 9.96. The number of benzene rings is 2. The third kappa shape index (κ3) is 5.18. The molecule has 174 valence electrons. The van der Waals surface area contributed by atoms with Gasteiger partial charge < -0.3 is 20.5 Å². The molecule has 2 aromatic rings. The molecule has 0 bridgehead atoms. The topological polar surface area (TPSA) is 105 Å². The van der Waals surface area contributed by atoms with E-state index >= 15 is 0 Å². The molecule has 7 heteroatoms. The third-order valence-electron chi connectivity index (χ3n) is 6.74. The number of carbonyl (C=O) groups excluding carboxylic acids is 2. The molecular weight excluding hydrogens is 420 g/mol. The van der Waals surface area contributed by atoms with Crippen molar-refractivity contribution in [3.05, 3.63) is 59.7 Å². The Bertz CT molecular complexity index is 991. The van der Waals surface area contributed by atoms with Gasteiger partial charge in [-0.05, 0) is 47.9 Å². The summed E-state index contributed by atoms with van der Waals surface area (Å²) >= 11 is 0. The monoisotopic (exact) mass is 450 g/mol. The summed E-state index contributed by atoms with van der Waals surface area (Å²) < 4.78 is 5.53. The van der Waals surface area contributed by atoms with E-state index in [1.165, 1.54) is 11.1 Å². The highest BCUT2D eigenvalue weighted by Gasteiger charge is 2.33. The molecular formula is C26H30N2O5. The molecule has 3 N–H and O–H groups in total. The second-order valence-electron chi connectivity index (χ2n) is 9.01. The van der Waals surface area contributed by atoms with Crippen LogP contribution in [0.15, 0.2) is 48.5 Å². The van der Waals surface area contributed by atoms with Crippen LogP contribution in [0.1, 0.15) is 49.7 Å². The van der Waals surface area contributed by atoms with Crippen LogP contribution in [0.3, 0.4) is 0 Å². The van der Waals surface area contributed by atoms with Crippen LogP contribution < -0.4 is 10.6 Å². The summed E-state index contributed by atoms with van der Waals surface area (Å²) in [5, 5.41) is 14.8. The zero-order chi connectivity index (χ0) is 23.4. The summed E-state index contributed by atoms with van der Waals surface area (Å²) in [7, 11) is 0. The van der Waals surface area contributed by atoms with Crippen molar-refractivity contribution in [3.8, 4) is 11.1 Å². The Kier molecular flexibility index (Phi) is 6.96.